The van der Waals surface area contributed by atoms with Crippen LogP contribution in [0.25, 0.3) is 4.96 Å². The number of rotatable bonds is 4. The highest BCUT2D eigenvalue weighted by atomic mass is 32.1. The minimum Gasteiger partial charge on any atom is -0.380 e. The molecule has 1 atom stereocenters. The molecule has 3 heterocycles. The van der Waals surface area contributed by atoms with Crippen molar-refractivity contribution in [3.05, 3.63) is 51.9 Å². The zero-order valence-corrected chi connectivity index (χ0v) is 14.3. The maximum absolute atomic E-state index is 12.0. The third-order valence-corrected chi connectivity index (χ3v) is 5.17. The van der Waals surface area contributed by atoms with Crippen molar-refractivity contribution < 1.29 is 0 Å². The van der Waals surface area contributed by atoms with Crippen LogP contribution in [0.5, 0.6) is 0 Å². The van der Waals surface area contributed by atoms with Crippen LogP contribution in [-0.2, 0) is 12.8 Å². The van der Waals surface area contributed by atoms with Gasteiger partial charge >= 0.3 is 0 Å². The Balaban J connectivity index is 1.48. The minimum atomic E-state index is -0.120. The second-order valence-electron chi connectivity index (χ2n) is 5.96. The summed E-state index contributed by atoms with van der Waals surface area (Å²) >= 11 is 1.42. The summed E-state index contributed by atoms with van der Waals surface area (Å²) in [6.45, 7) is 2.76. The molecule has 0 radical (unpaired) electrons. The second-order valence-corrected chi connectivity index (χ2v) is 6.91. The van der Waals surface area contributed by atoms with Gasteiger partial charge in [0.15, 0.2) is 0 Å². The molecular formula is C17H19N5OS. The lowest BCUT2D eigenvalue weighted by atomic mass is 9.98. The molecule has 124 valence electrons. The first-order valence-corrected chi connectivity index (χ1v) is 9.02. The fourth-order valence-electron chi connectivity index (χ4n) is 2.97. The third-order valence-electron chi connectivity index (χ3n) is 4.30. The summed E-state index contributed by atoms with van der Waals surface area (Å²) in [5.74, 6) is 0. The van der Waals surface area contributed by atoms with Crippen LogP contribution in [0.15, 0.2) is 35.1 Å². The number of anilines is 2. The molecule has 24 heavy (non-hydrogen) atoms. The Morgan fingerprint density at radius 2 is 2.29 bits per heavy atom. The Labute approximate surface area is 143 Å². The van der Waals surface area contributed by atoms with E-state index >= 15 is 0 Å². The van der Waals surface area contributed by atoms with Gasteiger partial charge in [0.1, 0.15) is 0 Å². The van der Waals surface area contributed by atoms with E-state index in [0.29, 0.717) is 11.0 Å². The van der Waals surface area contributed by atoms with Crippen LogP contribution >= 0.6 is 11.3 Å². The summed E-state index contributed by atoms with van der Waals surface area (Å²) < 4.78 is 1.37. The SMILES string of the molecule is CCc1cc(=O)n2nc(NC[C@H]3CCc4ccccc4N3)sc2n1. The van der Waals surface area contributed by atoms with Crippen molar-refractivity contribution >= 4 is 27.1 Å². The molecule has 3 aromatic rings. The molecule has 7 heteroatoms. The van der Waals surface area contributed by atoms with E-state index in [2.05, 4.69) is 45.0 Å². The largest absolute Gasteiger partial charge is 0.380 e. The Bertz CT molecular complexity index is 932. The first-order chi connectivity index (χ1) is 11.7. The standard InChI is InChI=1S/C17H19N5OS/c1-2-12-9-15(23)22-17(20-12)24-16(21-22)18-10-13-8-7-11-5-3-4-6-14(11)19-13/h3-6,9,13,19H,2,7-8,10H2,1H3,(H,18,21)/t13-/m1/s1. The van der Waals surface area contributed by atoms with Gasteiger partial charge in [-0.05, 0) is 30.9 Å². The van der Waals surface area contributed by atoms with Gasteiger partial charge in [0.25, 0.3) is 5.56 Å². The lowest BCUT2D eigenvalue weighted by Gasteiger charge is -2.27. The van der Waals surface area contributed by atoms with Gasteiger partial charge in [0.2, 0.25) is 10.1 Å². The number of benzene rings is 1. The molecule has 0 saturated carbocycles. The van der Waals surface area contributed by atoms with E-state index in [-0.39, 0.29) is 5.56 Å². The average molecular weight is 341 g/mol. The van der Waals surface area contributed by atoms with Gasteiger partial charge < -0.3 is 10.6 Å². The molecule has 0 amide bonds. The Hall–Kier alpha value is -2.41. The van der Waals surface area contributed by atoms with Gasteiger partial charge in [0.05, 0.1) is 0 Å². The molecule has 0 saturated heterocycles. The fourth-order valence-corrected chi connectivity index (χ4v) is 3.80. The van der Waals surface area contributed by atoms with Gasteiger partial charge in [-0.25, -0.2) is 4.98 Å². The second kappa shape index (κ2) is 6.24. The molecule has 0 unspecified atom stereocenters. The van der Waals surface area contributed by atoms with Crippen LogP contribution in [0.3, 0.4) is 0 Å². The smallest absolute Gasteiger partial charge is 0.275 e. The van der Waals surface area contributed by atoms with Crippen molar-refractivity contribution in [2.75, 3.05) is 17.2 Å². The van der Waals surface area contributed by atoms with E-state index in [1.165, 1.54) is 27.1 Å². The van der Waals surface area contributed by atoms with Crippen molar-refractivity contribution in [2.45, 2.75) is 32.2 Å². The van der Waals surface area contributed by atoms with Gasteiger partial charge in [-0.15, -0.1) is 5.10 Å². The van der Waals surface area contributed by atoms with Gasteiger partial charge in [-0.2, -0.15) is 4.52 Å². The third kappa shape index (κ3) is 2.87. The number of nitrogens with one attached hydrogen (secondary N) is 2. The number of aryl methyl sites for hydroxylation is 2. The first-order valence-electron chi connectivity index (χ1n) is 8.21. The van der Waals surface area contributed by atoms with Crippen LogP contribution in [-0.4, -0.2) is 27.2 Å². The summed E-state index contributed by atoms with van der Waals surface area (Å²) in [6, 6.07) is 10.3. The van der Waals surface area contributed by atoms with Crippen molar-refractivity contribution in [1.29, 1.82) is 0 Å². The van der Waals surface area contributed by atoms with Crippen LogP contribution < -0.4 is 16.2 Å². The lowest BCUT2D eigenvalue weighted by Crippen LogP contribution is -2.32. The molecule has 0 bridgehead atoms. The van der Waals surface area contributed by atoms with Crippen molar-refractivity contribution in [2.24, 2.45) is 0 Å². The Morgan fingerprint density at radius 3 is 3.17 bits per heavy atom. The quantitative estimate of drug-likeness (QED) is 0.763. The number of hydrogen-bond donors (Lipinski definition) is 2. The number of hydrogen-bond acceptors (Lipinski definition) is 6. The molecular weight excluding hydrogens is 322 g/mol. The molecule has 6 nitrogen and oxygen atoms in total. The van der Waals surface area contributed by atoms with E-state index in [9.17, 15) is 4.79 Å². The molecule has 2 aromatic heterocycles. The number of fused-ring (bicyclic) bond motifs is 2. The molecule has 2 N–H and O–H groups in total. The maximum atomic E-state index is 12.0. The molecule has 0 spiro atoms. The van der Waals surface area contributed by atoms with Crippen LogP contribution in [0.1, 0.15) is 24.6 Å². The highest BCUT2D eigenvalue weighted by molar-refractivity contribution is 7.20. The predicted molar refractivity (Wildman–Crippen MR) is 97.2 cm³/mol. The summed E-state index contributed by atoms with van der Waals surface area (Å²) in [5.41, 5.74) is 3.27. The number of aromatic nitrogens is 3. The Morgan fingerprint density at radius 1 is 1.42 bits per heavy atom. The van der Waals surface area contributed by atoms with E-state index in [0.717, 1.165) is 36.6 Å². The molecule has 1 aliphatic rings. The predicted octanol–water partition coefficient (Wildman–Crippen LogP) is 2.55. The zero-order valence-electron chi connectivity index (χ0n) is 13.5. The van der Waals surface area contributed by atoms with E-state index < -0.39 is 0 Å². The lowest BCUT2D eigenvalue weighted by molar-refractivity contribution is 0.653. The highest BCUT2D eigenvalue weighted by Gasteiger charge is 2.17. The summed E-state index contributed by atoms with van der Waals surface area (Å²) in [7, 11) is 0. The van der Waals surface area contributed by atoms with Gasteiger partial charge in [-0.3, -0.25) is 4.79 Å². The topological polar surface area (TPSA) is 71.3 Å². The van der Waals surface area contributed by atoms with E-state index in [1.807, 2.05) is 6.92 Å². The van der Waals surface area contributed by atoms with Crippen molar-refractivity contribution in [3.63, 3.8) is 0 Å². The van der Waals surface area contributed by atoms with Crippen LogP contribution in [0, 0.1) is 0 Å². The summed E-state index contributed by atoms with van der Waals surface area (Å²) in [4.78, 5) is 17.1. The van der Waals surface area contributed by atoms with Crippen molar-refractivity contribution in [1.82, 2.24) is 14.6 Å². The molecule has 1 aliphatic heterocycles. The minimum absolute atomic E-state index is 0.120. The zero-order chi connectivity index (χ0) is 16.5. The highest BCUT2D eigenvalue weighted by Crippen LogP contribution is 2.25. The molecule has 0 fully saturated rings. The normalized spacial score (nSPS) is 16.6. The summed E-state index contributed by atoms with van der Waals surface area (Å²) in [5, 5.41) is 12.0. The first kappa shape index (κ1) is 15.1. The van der Waals surface area contributed by atoms with Crippen molar-refractivity contribution in [3.8, 4) is 0 Å². The Kier molecular flexibility index (Phi) is 3.93. The average Bonchev–Trinajstić information content (AvgIpc) is 3.03. The van der Waals surface area contributed by atoms with E-state index in [4.69, 9.17) is 0 Å². The van der Waals surface area contributed by atoms with Crippen LogP contribution in [0.2, 0.25) is 0 Å². The number of nitrogens with zero attached hydrogens (tertiary/aromatic N) is 3. The van der Waals surface area contributed by atoms with Crippen LogP contribution in [0.4, 0.5) is 10.8 Å². The number of para-hydroxylation sites is 1. The maximum Gasteiger partial charge on any atom is 0.275 e. The fraction of sp³-hybridized carbons (Fsp3) is 0.353. The van der Waals surface area contributed by atoms with E-state index in [1.54, 1.807) is 6.07 Å². The molecule has 1 aromatic carbocycles. The van der Waals surface area contributed by atoms with Gasteiger partial charge in [-0.1, -0.05) is 36.5 Å². The molecule has 0 aliphatic carbocycles. The van der Waals surface area contributed by atoms with Gasteiger partial charge in [0, 0.05) is 30.0 Å². The summed E-state index contributed by atoms with van der Waals surface area (Å²) in [6.07, 6.45) is 2.90. The molecule has 4 rings (SSSR count). The monoisotopic (exact) mass is 341 g/mol.